The summed E-state index contributed by atoms with van der Waals surface area (Å²) in [6.07, 6.45) is 0.0775. The van der Waals surface area contributed by atoms with Gasteiger partial charge in [-0.15, -0.1) is 0 Å². The molecule has 1 N–H and O–H groups in total. The Hall–Kier alpha value is -1.33. The summed E-state index contributed by atoms with van der Waals surface area (Å²) in [5.74, 6) is 0. The average Bonchev–Trinajstić information content (AvgIpc) is 2.53. The van der Waals surface area contributed by atoms with Crippen LogP contribution in [0.5, 0.6) is 0 Å². The van der Waals surface area contributed by atoms with Crippen molar-refractivity contribution in [3.8, 4) is 0 Å². The minimum atomic E-state index is -4.30. The second-order valence-electron chi connectivity index (χ2n) is 8.24. The van der Waals surface area contributed by atoms with Crippen molar-refractivity contribution in [1.29, 1.82) is 0 Å². The van der Waals surface area contributed by atoms with Crippen LogP contribution in [0.25, 0.3) is 0 Å². The summed E-state index contributed by atoms with van der Waals surface area (Å²) in [6.45, 7) is 9.99. The van der Waals surface area contributed by atoms with Crippen LogP contribution in [0, 0.1) is 0 Å². The zero-order valence-electron chi connectivity index (χ0n) is 16.1. The predicted molar refractivity (Wildman–Crippen MR) is 99.1 cm³/mol. The van der Waals surface area contributed by atoms with Gasteiger partial charge in [0.15, 0.2) is 0 Å². The first-order valence-corrected chi connectivity index (χ1v) is 9.24. The maximum Gasteiger partial charge on any atom is 0.416 e. The summed E-state index contributed by atoms with van der Waals surface area (Å²) in [6, 6.07) is 5.75. The monoisotopic (exact) mass is 369 g/mol. The Morgan fingerprint density at radius 2 is 1.62 bits per heavy atom. The van der Waals surface area contributed by atoms with E-state index in [9.17, 15) is 18.3 Å². The first-order valence-electron chi connectivity index (χ1n) is 9.24. The number of likely N-dealkylation sites (tertiary alicyclic amines) is 1. The molecule has 1 saturated heterocycles. The van der Waals surface area contributed by atoms with E-state index in [-0.39, 0.29) is 17.6 Å². The molecule has 1 aromatic rings. The fourth-order valence-corrected chi connectivity index (χ4v) is 3.65. The number of hydrogen-bond donors (Lipinski definition) is 1. The van der Waals surface area contributed by atoms with E-state index in [2.05, 4.69) is 38.7 Å². The lowest BCUT2D eigenvalue weighted by molar-refractivity contribution is -0.137. The standard InChI is InChI=1S/C21H30F3NO/c1-15(2)13-18(25-11-9-19(26)10-12-25)14-20(3,4)16-5-7-17(8-6-16)21(22,23)24/h5-8,13,18-19,26H,9-12,14H2,1-4H3. The maximum absolute atomic E-state index is 12.8. The number of alkyl halides is 3. The molecule has 2 nitrogen and oxygen atoms in total. The molecule has 0 aliphatic carbocycles. The van der Waals surface area contributed by atoms with E-state index in [0.717, 1.165) is 37.9 Å². The molecule has 0 radical (unpaired) electrons. The highest BCUT2D eigenvalue weighted by atomic mass is 19.4. The number of aliphatic hydroxyl groups excluding tert-OH is 1. The number of piperidine rings is 1. The highest BCUT2D eigenvalue weighted by Crippen LogP contribution is 2.35. The Kier molecular flexibility index (Phi) is 6.56. The summed E-state index contributed by atoms with van der Waals surface area (Å²) in [7, 11) is 0. The highest BCUT2D eigenvalue weighted by Gasteiger charge is 2.32. The van der Waals surface area contributed by atoms with Crippen LogP contribution < -0.4 is 0 Å². The van der Waals surface area contributed by atoms with Crippen LogP contribution in [0.1, 0.15) is 58.1 Å². The van der Waals surface area contributed by atoms with Gasteiger partial charge in [-0.2, -0.15) is 13.2 Å². The van der Waals surface area contributed by atoms with Crippen LogP contribution >= 0.6 is 0 Å². The van der Waals surface area contributed by atoms with Crippen LogP contribution in [0.2, 0.25) is 0 Å². The van der Waals surface area contributed by atoms with Crippen molar-refractivity contribution < 1.29 is 18.3 Å². The molecule has 1 unspecified atom stereocenters. The van der Waals surface area contributed by atoms with E-state index in [1.807, 2.05) is 0 Å². The largest absolute Gasteiger partial charge is 0.416 e. The molecule has 0 bridgehead atoms. The second-order valence-corrected chi connectivity index (χ2v) is 8.24. The van der Waals surface area contributed by atoms with Gasteiger partial charge in [0.2, 0.25) is 0 Å². The number of halogens is 3. The summed E-state index contributed by atoms with van der Waals surface area (Å²) < 4.78 is 38.4. The Labute approximate surface area is 154 Å². The van der Waals surface area contributed by atoms with Crippen LogP contribution in [-0.4, -0.2) is 35.2 Å². The quantitative estimate of drug-likeness (QED) is 0.724. The van der Waals surface area contributed by atoms with Gasteiger partial charge >= 0.3 is 6.18 Å². The van der Waals surface area contributed by atoms with Crippen LogP contribution in [0.15, 0.2) is 35.9 Å². The van der Waals surface area contributed by atoms with Crippen LogP contribution in [-0.2, 0) is 11.6 Å². The first-order chi connectivity index (χ1) is 12.0. The van der Waals surface area contributed by atoms with Gasteiger partial charge in [-0.1, -0.05) is 37.6 Å². The first kappa shape index (κ1) is 21.0. The van der Waals surface area contributed by atoms with Gasteiger partial charge in [0, 0.05) is 19.1 Å². The van der Waals surface area contributed by atoms with Gasteiger partial charge in [0.1, 0.15) is 0 Å². The number of rotatable bonds is 5. The Morgan fingerprint density at radius 1 is 1.12 bits per heavy atom. The van der Waals surface area contributed by atoms with Crippen molar-refractivity contribution in [3.05, 3.63) is 47.0 Å². The lowest BCUT2D eigenvalue weighted by Crippen LogP contribution is -2.44. The lowest BCUT2D eigenvalue weighted by atomic mass is 9.78. The minimum Gasteiger partial charge on any atom is -0.393 e. The molecular weight excluding hydrogens is 339 g/mol. The molecule has 1 aliphatic rings. The van der Waals surface area contributed by atoms with Gasteiger partial charge in [-0.05, 0) is 56.2 Å². The number of nitrogens with zero attached hydrogens (tertiary/aromatic N) is 1. The van der Waals surface area contributed by atoms with E-state index in [0.29, 0.717) is 0 Å². The summed E-state index contributed by atoms with van der Waals surface area (Å²) in [4.78, 5) is 2.38. The van der Waals surface area contributed by atoms with Gasteiger partial charge in [0.05, 0.1) is 11.7 Å². The highest BCUT2D eigenvalue weighted by molar-refractivity contribution is 5.30. The molecule has 1 aliphatic heterocycles. The van der Waals surface area contributed by atoms with Crippen LogP contribution in [0.4, 0.5) is 13.2 Å². The minimum absolute atomic E-state index is 0.213. The van der Waals surface area contributed by atoms with Gasteiger partial charge < -0.3 is 5.11 Å². The molecule has 0 spiro atoms. The number of allylic oxidation sites excluding steroid dienone is 1. The molecule has 1 aromatic carbocycles. The van der Waals surface area contributed by atoms with E-state index in [1.165, 1.54) is 17.7 Å². The third-order valence-electron chi connectivity index (χ3n) is 5.21. The molecule has 0 saturated carbocycles. The maximum atomic E-state index is 12.8. The van der Waals surface area contributed by atoms with Gasteiger partial charge in [-0.25, -0.2) is 0 Å². The van der Waals surface area contributed by atoms with E-state index >= 15 is 0 Å². The predicted octanol–water partition coefficient (Wildman–Crippen LogP) is 5.16. The number of benzene rings is 1. The molecule has 1 heterocycles. The van der Waals surface area contributed by atoms with Gasteiger partial charge in [0.25, 0.3) is 0 Å². The Morgan fingerprint density at radius 3 is 2.08 bits per heavy atom. The molecule has 0 aromatic heterocycles. The normalized spacial score (nSPS) is 18.6. The van der Waals surface area contributed by atoms with Crippen molar-refractivity contribution in [1.82, 2.24) is 4.90 Å². The number of hydrogen-bond acceptors (Lipinski definition) is 2. The van der Waals surface area contributed by atoms with Crippen molar-refractivity contribution in [2.24, 2.45) is 0 Å². The molecular formula is C21H30F3NO. The Balaban J connectivity index is 2.18. The molecule has 5 heteroatoms. The summed E-state index contributed by atoms with van der Waals surface area (Å²) in [5.41, 5.74) is 1.28. The second kappa shape index (κ2) is 8.13. The summed E-state index contributed by atoms with van der Waals surface area (Å²) in [5, 5.41) is 9.76. The lowest BCUT2D eigenvalue weighted by Gasteiger charge is -2.39. The fourth-order valence-electron chi connectivity index (χ4n) is 3.65. The zero-order valence-corrected chi connectivity index (χ0v) is 16.1. The summed E-state index contributed by atoms with van der Waals surface area (Å²) >= 11 is 0. The Bertz CT molecular complexity index is 607. The fraction of sp³-hybridized carbons (Fsp3) is 0.619. The number of aliphatic hydroxyl groups is 1. The van der Waals surface area contributed by atoms with Crippen molar-refractivity contribution in [3.63, 3.8) is 0 Å². The zero-order chi connectivity index (χ0) is 19.5. The molecule has 26 heavy (non-hydrogen) atoms. The molecule has 146 valence electrons. The van der Waals surface area contributed by atoms with Gasteiger partial charge in [-0.3, -0.25) is 4.90 Å². The van der Waals surface area contributed by atoms with E-state index in [4.69, 9.17) is 0 Å². The van der Waals surface area contributed by atoms with E-state index in [1.54, 1.807) is 12.1 Å². The topological polar surface area (TPSA) is 23.5 Å². The third-order valence-corrected chi connectivity index (χ3v) is 5.21. The van der Waals surface area contributed by atoms with Crippen molar-refractivity contribution in [2.45, 2.75) is 70.7 Å². The third kappa shape index (κ3) is 5.58. The smallest absolute Gasteiger partial charge is 0.393 e. The molecule has 1 atom stereocenters. The van der Waals surface area contributed by atoms with Crippen LogP contribution in [0.3, 0.4) is 0 Å². The van der Waals surface area contributed by atoms with E-state index < -0.39 is 11.7 Å². The van der Waals surface area contributed by atoms with Crippen molar-refractivity contribution in [2.75, 3.05) is 13.1 Å². The molecule has 2 rings (SSSR count). The average molecular weight is 369 g/mol. The SMILES string of the molecule is CC(C)=CC(CC(C)(C)c1ccc(C(F)(F)F)cc1)N1CCC(O)CC1. The van der Waals surface area contributed by atoms with Crippen molar-refractivity contribution >= 4 is 0 Å². The molecule has 1 fully saturated rings. The molecule has 0 amide bonds.